The van der Waals surface area contributed by atoms with Crippen LogP contribution in [0, 0.1) is 11.3 Å². The Morgan fingerprint density at radius 2 is 1.83 bits per heavy atom. The molecule has 5 rings (SSSR count). The van der Waals surface area contributed by atoms with E-state index in [-0.39, 0.29) is 25.7 Å². The molecule has 242 valence electrons. The Hall–Kier alpha value is -4.83. The van der Waals surface area contributed by atoms with Crippen molar-refractivity contribution in [2.75, 3.05) is 25.5 Å². The second-order valence-corrected chi connectivity index (χ2v) is 12.0. The van der Waals surface area contributed by atoms with Crippen molar-refractivity contribution in [3.05, 3.63) is 72.6 Å². The minimum atomic E-state index is -0.505. The van der Waals surface area contributed by atoms with E-state index in [9.17, 15) is 10.1 Å². The molecule has 0 radical (unpaired) electrons. The summed E-state index contributed by atoms with van der Waals surface area (Å²) in [6.45, 7) is 9.35. The molecule has 13 heteroatoms. The lowest BCUT2D eigenvalue weighted by atomic mass is 9.89. The van der Waals surface area contributed by atoms with E-state index in [0.29, 0.717) is 48.6 Å². The number of piperidine rings is 1. The summed E-state index contributed by atoms with van der Waals surface area (Å²) in [5, 5.41) is 17.0. The van der Waals surface area contributed by atoms with Gasteiger partial charge in [0.2, 0.25) is 5.95 Å². The first-order valence-corrected chi connectivity index (χ1v) is 14.9. The third kappa shape index (κ3) is 8.66. The minimum absolute atomic E-state index is 0. The molecular weight excluding hydrogens is 604 g/mol. The fourth-order valence-electron chi connectivity index (χ4n) is 5.19. The summed E-state index contributed by atoms with van der Waals surface area (Å²) >= 11 is 0. The zero-order valence-corrected chi connectivity index (χ0v) is 27.7. The summed E-state index contributed by atoms with van der Waals surface area (Å²) in [7, 11) is 1.64. The summed E-state index contributed by atoms with van der Waals surface area (Å²) in [4.78, 5) is 27.2. The molecule has 1 amide bonds. The zero-order valence-electron chi connectivity index (χ0n) is 26.7. The van der Waals surface area contributed by atoms with Crippen molar-refractivity contribution < 1.29 is 19.0 Å². The van der Waals surface area contributed by atoms with Gasteiger partial charge >= 0.3 is 6.09 Å². The summed E-state index contributed by atoms with van der Waals surface area (Å²) in [5.74, 6) is 1.89. The van der Waals surface area contributed by atoms with Gasteiger partial charge < -0.3 is 24.4 Å². The fourth-order valence-corrected chi connectivity index (χ4v) is 5.19. The number of nitrogens with zero attached hydrogens (tertiary/aromatic N) is 7. The van der Waals surface area contributed by atoms with Crippen LogP contribution in [0.2, 0.25) is 0 Å². The molecule has 2 aromatic carbocycles. The number of carbonyl (C=O) groups excluding carboxylic acids is 1. The average Bonchev–Trinajstić information content (AvgIpc) is 3.54. The van der Waals surface area contributed by atoms with E-state index in [4.69, 9.17) is 14.2 Å². The van der Waals surface area contributed by atoms with Gasteiger partial charge in [-0.25, -0.2) is 24.4 Å². The monoisotopic (exact) mass is 644 g/mol. The van der Waals surface area contributed by atoms with Gasteiger partial charge in [0.15, 0.2) is 0 Å². The SMILES string of the molecule is COc1cc(C2CCN(C(=O)OC(C)(C)C)CC2)ccc1Nc1ncc(-c2ccc(C#N)c(O[C@@H](C)Cn3cncn3)c2)cn1.S. The summed E-state index contributed by atoms with van der Waals surface area (Å²) in [5.41, 5.74) is 3.44. The quantitative estimate of drug-likeness (QED) is 0.229. The molecule has 1 saturated heterocycles. The molecule has 1 N–H and O–H groups in total. The number of likely N-dealkylation sites (tertiary alicyclic amines) is 1. The Kier molecular flexibility index (Phi) is 11.1. The van der Waals surface area contributed by atoms with Crippen LogP contribution in [0.4, 0.5) is 16.4 Å². The van der Waals surface area contributed by atoms with Crippen molar-refractivity contribution in [1.29, 1.82) is 5.26 Å². The maximum atomic E-state index is 12.4. The molecule has 1 aliphatic heterocycles. The highest BCUT2D eigenvalue weighted by Gasteiger charge is 2.28. The summed E-state index contributed by atoms with van der Waals surface area (Å²) in [6, 6.07) is 13.7. The first-order valence-electron chi connectivity index (χ1n) is 14.9. The van der Waals surface area contributed by atoms with Crippen LogP contribution in [0.5, 0.6) is 11.5 Å². The zero-order chi connectivity index (χ0) is 32.0. The Bertz CT molecular complexity index is 1640. The smallest absolute Gasteiger partial charge is 0.410 e. The number of carbonyl (C=O) groups is 1. The highest BCUT2D eigenvalue weighted by Crippen LogP contribution is 2.35. The van der Waals surface area contributed by atoms with E-state index in [1.807, 2.05) is 52.0 Å². The highest BCUT2D eigenvalue weighted by molar-refractivity contribution is 7.59. The van der Waals surface area contributed by atoms with Crippen molar-refractivity contribution >= 4 is 31.2 Å². The van der Waals surface area contributed by atoms with E-state index >= 15 is 0 Å². The lowest BCUT2D eigenvalue weighted by Gasteiger charge is -2.33. The number of methoxy groups -OCH3 is 1. The second kappa shape index (κ2) is 15.0. The molecule has 0 unspecified atom stereocenters. The van der Waals surface area contributed by atoms with Gasteiger partial charge in [-0.1, -0.05) is 12.1 Å². The molecule has 46 heavy (non-hydrogen) atoms. The predicted molar refractivity (Wildman–Crippen MR) is 179 cm³/mol. The molecule has 12 nitrogen and oxygen atoms in total. The van der Waals surface area contributed by atoms with Crippen LogP contribution >= 0.6 is 13.5 Å². The third-order valence-electron chi connectivity index (χ3n) is 7.42. The average molecular weight is 645 g/mol. The number of ether oxygens (including phenoxy) is 3. The number of rotatable bonds is 9. The largest absolute Gasteiger partial charge is 0.495 e. The van der Waals surface area contributed by atoms with Gasteiger partial charge in [0.25, 0.3) is 0 Å². The molecule has 1 atom stereocenters. The maximum absolute atomic E-state index is 12.4. The topological polar surface area (TPSA) is 140 Å². The Morgan fingerprint density at radius 1 is 1.09 bits per heavy atom. The molecule has 0 saturated carbocycles. The first-order chi connectivity index (χ1) is 21.6. The minimum Gasteiger partial charge on any atom is -0.495 e. The van der Waals surface area contributed by atoms with Gasteiger partial charge in [-0.05, 0) is 81.8 Å². The molecule has 0 spiro atoms. The van der Waals surface area contributed by atoms with Gasteiger partial charge in [0.05, 0.1) is 24.9 Å². The van der Waals surface area contributed by atoms with E-state index in [2.05, 4.69) is 37.5 Å². The lowest BCUT2D eigenvalue weighted by molar-refractivity contribution is 0.0204. The Labute approximate surface area is 276 Å². The van der Waals surface area contributed by atoms with Crippen LogP contribution in [0.1, 0.15) is 57.6 Å². The number of aromatic nitrogens is 5. The fraction of sp³-hybridized carbons (Fsp3) is 0.394. The van der Waals surface area contributed by atoms with E-state index in [0.717, 1.165) is 35.2 Å². The van der Waals surface area contributed by atoms with Crippen LogP contribution in [0.25, 0.3) is 11.1 Å². The summed E-state index contributed by atoms with van der Waals surface area (Å²) < 4.78 is 19.0. The molecule has 0 bridgehead atoms. The maximum Gasteiger partial charge on any atom is 0.410 e. The van der Waals surface area contributed by atoms with Crippen LogP contribution in [0.15, 0.2) is 61.4 Å². The number of benzene rings is 2. The molecule has 1 aliphatic rings. The van der Waals surface area contributed by atoms with Crippen LogP contribution < -0.4 is 14.8 Å². The van der Waals surface area contributed by atoms with E-state index < -0.39 is 5.60 Å². The Morgan fingerprint density at radius 3 is 2.46 bits per heavy atom. The van der Waals surface area contributed by atoms with Gasteiger partial charge in [0, 0.05) is 31.0 Å². The van der Waals surface area contributed by atoms with Gasteiger partial charge in [-0.3, -0.25) is 0 Å². The lowest BCUT2D eigenvalue weighted by Crippen LogP contribution is -2.41. The molecule has 3 heterocycles. The van der Waals surface area contributed by atoms with Gasteiger partial charge in [-0.15, -0.1) is 0 Å². The third-order valence-corrected chi connectivity index (χ3v) is 7.42. The number of nitrogens with one attached hydrogen (secondary N) is 1. The van der Waals surface area contributed by atoms with Gasteiger partial charge in [0.1, 0.15) is 41.9 Å². The van der Waals surface area contributed by atoms with Crippen molar-refractivity contribution in [2.45, 2.75) is 64.7 Å². The van der Waals surface area contributed by atoms with E-state index in [1.165, 1.54) is 6.33 Å². The van der Waals surface area contributed by atoms with Crippen molar-refractivity contribution in [1.82, 2.24) is 29.6 Å². The number of hydrogen-bond donors (Lipinski definition) is 1. The number of hydrogen-bond acceptors (Lipinski definition) is 10. The van der Waals surface area contributed by atoms with Crippen LogP contribution in [-0.2, 0) is 11.3 Å². The van der Waals surface area contributed by atoms with Crippen molar-refractivity contribution in [3.63, 3.8) is 0 Å². The molecule has 1 fully saturated rings. The van der Waals surface area contributed by atoms with Gasteiger partial charge in [-0.2, -0.15) is 23.9 Å². The first kappa shape index (κ1) is 34.1. The molecule has 2 aromatic heterocycles. The normalized spacial score (nSPS) is 14.0. The predicted octanol–water partition coefficient (Wildman–Crippen LogP) is 6.05. The number of amides is 1. The highest BCUT2D eigenvalue weighted by atomic mass is 32.1. The number of nitriles is 1. The van der Waals surface area contributed by atoms with Crippen molar-refractivity contribution in [2.24, 2.45) is 0 Å². The second-order valence-electron chi connectivity index (χ2n) is 12.0. The number of anilines is 2. The molecule has 0 aliphatic carbocycles. The Balaban J connectivity index is 0.00000480. The summed E-state index contributed by atoms with van der Waals surface area (Å²) in [6.07, 6.45) is 7.74. The van der Waals surface area contributed by atoms with Crippen LogP contribution in [0.3, 0.4) is 0 Å². The van der Waals surface area contributed by atoms with E-state index in [1.54, 1.807) is 41.5 Å². The van der Waals surface area contributed by atoms with Crippen LogP contribution in [-0.4, -0.2) is 67.6 Å². The molecule has 4 aromatic rings. The standard InChI is InChI=1S/C33H38N8O4.H2S/c1-22(19-41-21-35-20-38-41)44-29-14-25(6-7-26(29)16-34)27-17-36-31(37-18-27)39-28-9-8-24(15-30(28)43-5)23-10-12-40(13-11-23)32(42)45-33(2,3)4;/h6-9,14-15,17-18,20-23H,10-13,19H2,1-5H3,(H,36,37,39);1H2/t22-;/m0./s1. The molecular formula is C33H40N8O4S. The van der Waals surface area contributed by atoms with Crippen molar-refractivity contribution in [3.8, 4) is 28.7 Å².